The molecule has 2 atom stereocenters. The van der Waals surface area contributed by atoms with Crippen LogP contribution in [0.4, 0.5) is 13.2 Å². The first-order valence-corrected chi connectivity index (χ1v) is 16.8. The highest BCUT2D eigenvalue weighted by Gasteiger charge is 2.40. The minimum absolute atomic E-state index is 0.105. The molecule has 0 saturated carbocycles. The van der Waals surface area contributed by atoms with Crippen LogP contribution in [0.25, 0.3) is 0 Å². The zero-order valence-corrected chi connectivity index (χ0v) is 26.8. The maximum absolute atomic E-state index is 14.0. The predicted octanol–water partition coefficient (Wildman–Crippen LogP) is 4.81. The van der Waals surface area contributed by atoms with Crippen LogP contribution in [0.15, 0.2) is 78.4 Å². The van der Waals surface area contributed by atoms with Gasteiger partial charge in [0.2, 0.25) is 10.0 Å². The number of nitrogens with one attached hydrogen (secondary N) is 3. The summed E-state index contributed by atoms with van der Waals surface area (Å²) in [6.07, 6.45) is -3.12. The smallest absolute Gasteiger partial charge is 0.416 e. The Bertz CT molecular complexity index is 1500. The summed E-state index contributed by atoms with van der Waals surface area (Å²) in [4.78, 5) is 9.13. The first-order chi connectivity index (χ1) is 20.4. The van der Waals surface area contributed by atoms with Crippen LogP contribution in [0.3, 0.4) is 0 Å². The van der Waals surface area contributed by atoms with E-state index in [2.05, 4.69) is 33.3 Å². The van der Waals surface area contributed by atoms with Crippen LogP contribution in [0.1, 0.15) is 60.8 Å². The Morgan fingerprint density at radius 1 is 1.05 bits per heavy atom. The third-order valence-corrected chi connectivity index (χ3v) is 10.5. The Hall–Kier alpha value is -3.20. The minimum Gasteiger partial charge on any atom is -0.462 e. The Labute approximate surface area is 257 Å². The molecule has 0 aromatic heterocycles. The first kappa shape index (κ1) is 37.0. The van der Waals surface area contributed by atoms with E-state index in [0.717, 1.165) is 18.2 Å². The second-order valence-electron chi connectivity index (χ2n) is 11.0. The first-order valence-electron chi connectivity index (χ1n) is 13.7. The highest BCUT2D eigenvalue weighted by atomic mass is 32.2. The fourth-order valence-corrected chi connectivity index (χ4v) is 7.94. The van der Waals surface area contributed by atoms with Crippen LogP contribution in [0, 0.1) is 0 Å². The van der Waals surface area contributed by atoms with Gasteiger partial charge in [-0.05, 0) is 76.0 Å². The SMILES string of the molecule is C=CC(c1cc(S(=O)(=O)C(C(=C)NC)c2ccccc2)ccc1C(F)(F)F)S(=O)(=O)NC1CCNCC1.CC(C)(C)OC=O. The van der Waals surface area contributed by atoms with Crippen LogP contribution >= 0.6 is 0 Å². The van der Waals surface area contributed by atoms with Crippen LogP contribution in [-0.2, 0) is 35.6 Å². The van der Waals surface area contributed by atoms with Gasteiger partial charge in [0.05, 0.1) is 10.5 Å². The predicted molar refractivity (Wildman–Crippen MR) is 164 cm³/mol. The molecule has 1 saturated heterocycles. The van der Waals surface area contributed by atoms with Crippen molar-refractivity contribution >= 4 is 26.3 Å². The highest BCUT2D eigenvalue weighted by molar-refractivity contribution is 7.92. The molecule has 0 spiro atoms. The molecule has 0 aliphatic carbocycles. The van der Waals surface area contributed by atoms with E-state index in [-0.39, 0.29) is 11.3 Å². The zero-order valence-electron chi connectivity index (χ0n) is 25.1. The van der Waals surface area contributed by atoms with E-state index in [4.69, 9.17) is 0 Å². The molecular formula is C30H40F3N3O6S2. The van der Waals surface area contributed by atoms with Gasteiger partial charge in [0.1, 0.15) is 16.1 Å². The molecule has 2 unspecified atom stereocenters. The molecule has 3 N–H and O–H groups in total. The molecule has 1 aliphatic heterocycles. The lowest BCUT2D eigenvalue weighted by molar-refractivity contribution is -0.139. The molecule has 1 aliphatic rings. The Morgan fingerprint density at radius 3 is 2.09 bits per heavy atom. The number of alkyl halides is 3. The summed E-state index contributed by atoms with van der Waals surface area (Å²) in [5, 5.41) is 2.64. The van der Waals surface area contributed by atoms with Crippen molar-refractivity contribution in [3.63, 3.8) is 0 Å². The number of sulfone groups is 1. The average Bonchev–Trinajstić information content (AvgIpc) is 2.93. The molecule has 9 nitrogen and oxygen atoms in total. The monoisotopic (exact) mass is 659 g/mol. The quantitative estimate of drug-likeness (QED) is 0.232. The number of hydrogen-bond acceptors (Lipinski definition) is 8. The Morgan fingerprint density at radius 2 is 1.64 bits per heavy atom. The maximum atomic E-state index is 14.0. The number of hydrogen-bond donors (Lipinski definition) is 3. The van der Waals surface area contributed by atoms with Crippen molar-refractivity contribution in [1.29, 1.82) is 0 Å². The molecule has 0 bridgehead atoms. The molecule has 1 heterocycles. The van der Waals surface area contributed by atoms with Crippen molar-refractivity contribution in [2.75, 3.05) is 20.1 Å². The number of likely N-dealkylation sites (N-methyl/N-ethyl adjacent to an activating group) is 1. The number of ether oxygens (including phenoxy) is 1. The van der Waals surface area contributed by atoms with Gasteiger partial charge in [-0.2, -0.15) is 13.2 Å². The Balaban J connectivity index is 0.000000860. The van der Waals surface area contributed by atoms with Gasteiger partial charge in [0, 0.05) is 18.8 Å². The molecule has 2 aromatic carbocycles. The molecule has 1 fully saturated rings. The summed E-state index contributed by atoms with van der Waals surface area (Å²) in [6, 6.07) is 9.85. The van der Waals surface area contributed by atoms with Gasteiger partial charge in [0.25, 0.3) is 6.47 Å². The minimum atomic E-state index is -4.93. The summed E-state index contributed by atoms with van der Waals surface area (Å²) < 4.78 is 103. The number of halogens is 3. The van der Waals surface area contributed by atoms with Crippen LogP contribution in [-0.4, -0.2) is 55.1 Å². The van der Waals surface area contributed by atoms with Crippen molar-refractivity contribution in [2.45, 2.75) is 66.8 Å². The number of carbonyl (C=O) groups is 1. The molecule has 244 valence electrons. The molecule has 44 heavy (non-hydrogen) atoms. The largest absolute Gasteiger partial charge is 0.462 e. The fourth-order valence-electron chi connectivity index (χ4n) is 4.48. The van der Waals surface area contributed by atoms with Gasteiger partial charge in [0.15, 0.2) is 9.84 Å². The van der Waals surface area contributed by atoms with E-state index in [1.807, 2.05) is 20.8 Å². The summed E-state index contributed by atoms with van der Waals surface area (Å²) >= 11 is 0. The van der Waals surface area contributed by atoms with Crippen LogP contribution in [0.2, 0.25) is 0 Å². The Kier molecular flexibility index (Phi) is 12.8. The second-order valence-corrected chi connectivity index (χ2v) is 14.9. The number of sulfonamides is 1. The van der Waals surface area contributed by atoms with E-state index in [1.54, 1.807) is 30.3 Å². The molecule has 2 aromatic rings. The highest BCUT2D eigenvalue weighted by Crippen LogP contribution is 2.41. The fraction of sp³-hybridized carbons (Fsp3) is 0.433. The van der Waals surface area contributed by atoms with E-state index < -0.39 is 58.6 Å². The maximum Gasteiger partial charge on any atom is 0.416 e. The van der Waals surface area contributed by atoms with Crippen LogP contribution < -0.4 is 15.4 Å². The summed E-state index contributed by atoms with van der Waals surface area (Å²) in [6.45, 7) is 14.3. The van der Waals surface area contributed by atoms with Crippen molar-refractivity contribution in [2.24, 2.45) is 0 Å². The van der Waals surface area contributed by atoms with E-state index >= 15 is 0 Å². The van der Waals surface area contributed by atoms with Gasteiger partial charge >= 0.3 is 6.18 Å². The third kappa shape index (κ3) is 9.91. The topological polar surface area (TPSA) is 131 Å². The average molecular weight is 660 g/mol. The van der Waals surface area contributed by atoms with Gasteiger partial charge in [-0.15, -0.1) is 6.58 Å². The molecule has 3 rings (SSSR count). The lowest BCUT2D eigenvalue weighted by Gasteiger charge is -2.27. The summed E-state index contributed by atoms with van der Waals surface area (Å²) in [5.41, 5.74) is -1.83. The van der Waals surface area contributed by atoms with Gasteiger partial charge in [-0.3, -0.25) is 4.79 Å². The standard InChI is InChI=1S/C25H30F3N3O4S2.C5H10O2/c1-4-23(37(34,35)31-19-12-14-30-15-13-19)21-16-20(10-11-22(21)25(26,27)28)36(32,33)24(17(2)29-3)18-8-6-5-7-9-18;1-5(2,3)7-4-6/h4-11,16,19,23-24,29-31H,1-2,12-15H2,3H3;4H,1-3H3. The van der Waals surface area contributed by atoms with Gasteiger partial charge < -0.3 is 15.4 Å². The summed E-state index contributed by atoms with van der Waals surface area (Å²) in [5.74, 6) is 0. The lowest BCUT2D eigenvalue weighted by Crippen LogP contribution is -2.44. The number of rotatable bonds is 11. The second kappa shape index (κ2) is 15.2. The van der Waals surface area contributed by atoms with Crippen molar-refractivity contribution in [1.82, 2.24) is 15.4 Å². The zero-order chi connectivity index (χ0) is 33.3. The van der Waals surface area contributed by atoms with Crippen LogP contribution in [0.5, 0.6) is 0 Å². The molecule has 14 heteroatoms. The van der Waals surface area contributed by atoms with Gasteiger partial charge in [-0.1, -0.05) is 43.0 Å². The van der Waals surface area contributed by atoms with Gasteiger partial charge in [-0.25, -0.2) is 21.6 Å². The van der Waals surface area contributed by atoms with E-state index in [9.17, 15) is 34.8 Å². The van der Waals surface area contributed by atoms with Crippen molar-refractivity contribution in [3.8, 4) is 0 Å². The van der Waals surface area contributed by atoms with E-state index in [0.29, 0.717) is 44.0 Å². The number of benzene rings is 2. The van der Waals surface area contributed by atoms with Crippen molar-refractivity contribution < 1.29 is 39.5 Å². The molecule has 0 radical (unpaired) electrons. The third-order valence-electron chi connectivity index (χ3n) is 6.63. The number of piperidine rings is 1. The molecular weight excluding hydrogens is 619 g/mol. The summed E-state index contributed by atoms with van der Waals surface area (Å²) in [7, 11) is -7.25. The molecule has 0 amide bonds. The number of carbonyl (C=O) groups excluding carboxylic acids is 1. The van der Waals surface area contributed by atoms with E-state index in [1.165, 1.54) is 7.05 Å². The lowest BCUT2D eigenvalue weighted by atomic mass is 10.0. The van der Waals surface area contributed by atoms with Crippen molar-refractivity contribution in [3.05, 3.63) is 90.2 Å². The normalized spacial score (nSPS) is 16.1.